The van der Waals surface area contributed by atoms with Gasteiger partial charge in [0.1, 0.15) is 5.56 Å². The molecule has 1 atom stereocenters. The van der Waals surface area contributed by atoms with E-state index >= 15 is 0 Å². The van der Waals surface area contributed by atoms with Crippen molar-refractivity contribution >= 4 is 5.97 Å². The molecule has 0 saturated carbocycles. The molecule has 3 rings (SSSR count). The standard InChI is InChI=1S/C19H21NO5/c1-4-5-25-18-8-13-12(7-17(18)24-3)6-11(2)20-10-14(19(22)23)16(21)9-15(13)20/h7-11H,4-6H2,1-3H3,(H,22,23). The summed E-state index contributed by atoms with van der Waals surface area (Å²) in [5.41, 5.74) is 1.92. The third-order valence-electron chi connectivity index (χ3n) is 4.43. The predicted octanol–water partition coefficient (Wildman–Crippen LogP) is 3.13. The highest BCUT2D eigenvalue weighted by Gasteiger charge is 2.25. The summed E-state index contributed by atoms with van der Waals surface area (Å²) in [5, 5.41) is 9.21. The maximum atomic E-state index is 12.2. The molecular formula is C19H21NO5. The van der Waals surface area contributed by atoms with Gasteiger partial charge in [-0.15, -0.1) is 0 Å². The molecule has 0 fully saturated rings. The highest BCUT2D eigenvalue weighted by atomic mass is 16.5. The number of aromatic nitrogens is 1. The number of hydrogen-bond donors (Lipinski definition) is 1. The minimum absolute atomic E-state index is 0.0355. The van der Waals surface area contributed by atoms with E-state index in [4.69, 9.17) is 9.47 Å². The molecule has 2 heterocycles. The topological polar surface area (TPSA) is 77.8 Å². The summed E-state index contributed by atoms with van der Waals surface area (Å²) in [4.78, 5) is 23.4. The van der Waals surface area contributed by atoms with Crippen LogP contribution in [0.5, 0.6) is 11.5 Å². The lowest BCUT2D eigenvalue weighted by molar-refractivity contribution is 0.0694. The number of fused-ring (bicyclic) bond motifs is 3. The minimum atomic E-state index is -1.21. The molecular weight excluding hydrogens is 322 g/mol. The van der Waals surface area contributed by atoms with Gasteiger partial charge in [0.05, 0.1) is 19.4 Å². The zero-order chi connectivity index (χ0) is 18.1. The van der Waals surface area contributed by atoms with Crippen molar-refractivity contribution in [3.63, 3.8) is 0 Å². The smallest absolute Gasteiger partial charge is 0.341 e. The Hall–Kier alpha value is -2.76. The lowest BCUT2D eigenvalue weighted by Gasteiger charge is -2.29. The normalized spacial score (nSPS) is 15.2. The minimum Gasteiger partial charge on any atom is -0.493 e. The quantitative estimate of drug-likeness (QED) is 0.902. The fraction of sp³-hybridized carbons (Fsp3) is 0.368. The lowest BCUT2D eigenvalue weighted by Crippen LogP contribution is -2.24. The molecule has 0 spiro atoms. The van der Waals surface area contributed by atoms with E-state index in [0.717, 1.165) is 17.5 Å². The summed E-state index contributed by atoms with van der Waals surface area (Å²) in [5.74, 6) is 0.0799. The first-order valence-corrected chi connectivity index (χ1v) is 8.29. The van der Waals surface area contributed by atoms with Gasteiger partial charge in [-0.2, -0.15) is 0 Å². The molecule has 1 N–H and O–H groups in total. The number of benzene rings is 1. The van der Waals surface area contributed by atoms with Gasteiger partial charge in [0.15, 0.2) is 16.9 Å². The van der Waals surface area contributed by atoms with Crippen LogP contribution in [0, 0.1) is 0 Å². The fourth-order valence-electron chi connectivity index (χ4n) is 3.20. The Balaban J connectivity index is 2.20. The van der Waals surface area contributed by atoms with Crippen molar-refractivity contribution in [2.45, 2.75) is 32.7 Å². The third kappa shape index (κ3) is 2.99. The van der Waals surface area contributed by atoms with E-state index in [0.29, 0.717) is 30.2 Å². The van der Waals surface area contributed by atoms with Crippen LogP contribution in [0.25, 0.3) is 11.3 Å². The number of carboxylic acid groups (broad SMARTS) is 1. The zero-order valence-corrected chi connectivity index (χ0v) is 14.5. The van der Waals surface area contributed by atoms with Gasteiger partial charge < -0.3 is 19.1 Å². The third-order valence-corrected chi connectivity index (χ3v) is 4.43. The Labute approximate surface area is 145 Å². The van der Waals surface area contributed by atoms with Crippen molar-refractivity contribution < 1.29 is 19.4 Å². The summed E-state index contributed by atoms with van der Waals surface area (Å²) in [6.07, 6.45) is 3.02. The van der Waals surface area contributed by atoms with Crippen LogP contribution in [0.2, 0.25) is 0 Å². The summed E-state index contributed by atoms with van der Waals surface area (Å²) >= 11 is 0. The van der Waals surface area contributed by atoms with E-state index in [-0.39, 0.29) is 11.6 Å². The predicted molar refractivity (Wildman–Crippen MR) is 93.9 cm³/mol. The second-order valence-corrected chi connectivity index (χ2v) is 6.21. The van der Waals surface area contributed by atoms with Crippen LogP contribution in [0.4, 0.5) is 0 Å². The Morgan fingerprint density at radius 2 is 2.08 bits per heavy atom. The maximum absolute atomic E-state index is 12.2. The molecule has 0 bridgehead atoms. The number of carbonyl (C=O) groups is 1. The van der Waals surface area contributed by atoms with E-state index in [1.165, 1.54) is 12.3 Å². The first-order chi connectivity index (χ1) is 12.0. The summed E-state index contributed by atoms with van der Waals surface area (Å²) in [7, 11) is 1.60. The Morgan fingerprint density at radius 1 is 1.32 bits per heavy atom. The fourth-order valence-corrected chi connectivity index (χ4v) is 3.20. The van der Waals surface area contributed by atoms with Gasteiger partial charge >= 0.3 is 5.97 Å². The van der Waals surface area contributed by atoms with Crippen molar-refractivity contribution in [1.29, 1.82) is 0 Å². The molecule has 0 radical (unpaired) electrons. The molecule has 1 aliphatic rings. The molecule has 0 saturated heterocycles. The molecule has 25 heavy (non-hydrogen) atoms. The van der Waals surface area contributed by atoms with Gasteiger partial charge in [-0.3, -0.25) is 4.79 Å². The van der Waals surface area contributed by atoms with E-state index in [1.54, 1.807) is 7.11 Å². The van der Waals surface area contributed by atoms with Gasteiger partial charge in [0.2, 0.25) is 0 Å². The van der Waals surface area contributed by atoms with Gasteiger partial charge in [0.25, 0.3) is 0 Å². The molecule has 6 nitrogen and oxygen atoms in total. The molecule has 1 aromatic carbocycles. The zero-order valence-electron chi connectivity index (χ0n) is 14.5. The van der Waals surface area contributed by atoms with E-state index in [1.807, 2.05) is 30.5 Å². The lowest BCUT2D eigenvalue weighted by atomic mass is 9.92. The van der Waals surface area contributed by atoms with Crippen molar-refractivity contribution in [2.75, 3.05) is 13.7 Å². The first-order valence-electron chi connectivity index (χ1n) is 8.29. The number of methoxy groups -OCH3 is 1. The Kier molecular flexibility index (Phi) is 4.53. The van der Waals surface area contributed by atoms with Crippen molar-refractivity contribution in [2.24, 2.45) is 0 Å². The maximum Gasteiger partial charge on any atom is 0.341 e. The molecule has 132 valence electrons. The second kappa shape index (κ2) is 6.63. The molecule has 0 amide bonds. The van der Waals surface area contributed by atoms with E-state index in [2.05, 4.69) is 0 Å². The number of nitrogens with zero attached hydrogens (tertiary/aromatic N) is 1. The number of aromatic carboxylic acids is 1. The van der Waals surface area contributed by atoms with Crippen LogP contribution in [-0.4, -0.2) is 29.4 Å². The molecule has 1 aromatic heterocycles. The second-order valence-electron chi connectivity index (χ2n) is 6.21. The van der Waals surface area contributed by atoms with Gasteiger partial charge in [-0.25, -0.2) is 4.79 Å². The highest BCUT2D eigenvalue weighted by molar-refractivity contribution is 5.87. The number of hydrogen-bond acceptors (Lipinski definition) is 4. The molecule has 6 heteroatoms. The van der Waals surface area contributed by atoms with Crippen LogP contribution in [-0.2, 0) is 6.42 Å². The molecule has 2 aromatic rings. The van der Waals surface area contributed by atoms with Crippen LogP contribution in [0.15, 0.2) is 29.2 Å². The Bertz CT molecular complexity index is 884. The average Bonchev–Trinajstić information content (AvgIpc) is 2.58. The highest BCUT2D eigenvalue weighted by Crippen LogP contribution is 2.40. The van der Waals surface area contributed by atoms with E-state index < -0.39 is 11.4 Å². The largest absolute Gasteiger partial charge is 0.493 e. The average molecular weight is 343 g/mol. The summed E-state index contributed by atoms with van der Waals surface area (Å²) in [6, 6.07) is 5.25. The summed E-state index contributed by atoms with van der Waals surface area (Å²) < 4.78 is 13.1. The SMILES string of the molecule is CCCOc1cc2c(cc1OC)CC(C)n1cc(C(=O)O)c(=O)cc1-2. The van der Waals surface area contributed by atoms with Crippen LogP contribution < -0.4 is 14.9 Å². The van der Waals surface area contributed by atoms with Crippen molar-refractivity contribution in [1.82, 2.24) is 4.57 Å². The molecule has 0 aliphatic carbocycles. The number of rotatable bonds is 5. The van der Waals surface area contributed by atoms with Crippen molar-refractivity contribution in [3.8, 4) is 22.8 Å². The van der Waals surface area contributed by atoms with Gasteiger partial charge in [0, 0.05) is 23.9 Å². The van der Waals surface area contributed by atoms with Crippen LogP contribution in [0.1, 0.15) is 42.2 Å². The number of pyridine rings is 1. The summed E-state index contributed by atoms with van der Waals surface area (Å²) in [6.45, 7) is 4.58. The molecule has 1 aliphatic heterocycles. The Morgan fingerprint density at radius 3 is 2.72 bits per heavy atom. The first kappa shape index (κ1) is 17.1. The van der Waals surface area contributed by atoms with Gasteiger partial charge in [-0.05, 0) is 37.5 Å². The van der Waals surface area contributed by atoms with Crippen molar-refractivity contribution in [3.05, 3.63) is 45.7 Å². The monoisotopic (exact) mass is 343 g/mol. The number of carboxylic acids is 1. The van der Waals surface area contributed by atoms with Gasteiger partial charge in [-0.1, -0.05) is 6.92 Å². The number of ether oxygens (including phenoxy) is 2. The molecule has 1 unspecified atom stereocenters. The van der Waals surface area contributed by atoms with Crippen LogP contribution >= 0.6 is 0 Å². The van der Waals surface area contributed by atoms with Crippen LogP contribution in [0.3, 0.4) is 0 Å². The van der Waals surface area contributed by atoms with E-state index in [9.17, 15) is 14.7 Å².